The Morgan fingerprint density at radius 2 is 1.33 bits per heavy atom. The highest BCUT2D eigenvalue weighted by atomic mass is 35.5. The predicted octanol–water partition coefficient (Wildman–Crippen LogP) is 2.85. The van der Waals surface area contributed by atoms with Crippen LogP contribution in [0.4, 0.5) is 0 Å². The molecule has 3 heteroatoms. The molecule has 9 heavy (non-hydrogen) atoms. The molecule has 0 fully saturated rings. The van der Waals surface area contributed by atoms with Crippen LogP contribution in [-0.4, -0.2) is 18.1 Å². The highest BCUT2D eigenvalue weighted by molar-refractivity contribution is 6.40. The van der Waals surface area contributed by atoms with Crippen molar-refractivity contribution in [1.29, 1.82) is 0 Å². The van der Waals surface area contributed by atoms with Crippen LogP contribution >= 0.6 is 23.2 Å². The molecule has 0 bridgehead atoms. The van der Waals surface area contributed by atoms with Gasteiger partial charge in [0, 0.05) is 7.11 Å². The normalized spacial score (nSPS) is 10.0. The summed E-state index contributed by atoms with van der Waals surface area (Å²) < 4.78 is 4.94. The van der Waals surface area contributed by atoms with E-state index in [9.17, 15) is 0 Å². The lowest BCUT2D eigenvalue weighted by Gasteiger charge is -2.14. The lowest BCUT2D eigenvalue weighted by molar-refractivity contribution is 0.0397. The van der Waals surface area contributed by atoms with Gasteiger partial charge in [-0.3, -0.25) is 0 Å². The highest BCUT2D eigenvalue weighted by Crippen LogP contribution is 2.02. The topological polar surface area (TPSA) is 9.23 Å². The Hall–Kier alpha value is 0.540. The molecule has 0 unspecified atom stereocenters. The van der Waals surface area contributed by atoms with Crippen LogP contribution in [0.3, 0.4) is 0 Å². The molecular weight excluding hydrogens is 159 g/mol. The van der Waals surface area contributed by atoms with Crippen LogP contribution in [0.1, 0.15) is 20.8 Å². The second-order valence-electron chi connectivity index (χ2n) is 2.42. The first-order chi connectivity index (χ1) is 3.97. The van der Waals surface area contributed by atoms with Gasteiger partial charge in [-0.05, 0) is 20.8 Å². The predicted molar refractivity (Wildman–Crippen MR) is 43.3 cm³/mol. The summed E-state index contributed by atoms with van der Waals surface area (Å²) in [6, 6.07) is 0. The van der Waals surface area contributed by atoms with Gasteiger partial charge in [0.25, 0.3) is 0 Å². The number of alkyl halides is 2. The van der Waals surface area contributed by atoms with Crippen LogP contribution in [0.2, 0.25) is 0 Å². The highest BCUT2D eigenvalue weighted by Gasteiger charge is 2.03. The summed E-state index contributed by atoms with van der Waals surface area (Å²) in [5.74, 6) is 0. The SMILES string of the molecule is COC(C)(C)C.ClCCl. The summed E-state index contributed by atoms with van der Waals surface area (Å²) in [7, 11) is 1.71. The first-order valence-corrected chi connectivity index (χ1v) is 3.72. The zero-order chi connectivity index (χ0) is 7.91. The van der Waals surface area contributed by atoms with E-state index in [2.05, 4.69) is 0 Å². The van der Waals surface area contributed by atoms with Gasteiger partial charge in [0.2, 0.25) is 0 Å². The molecule has 0 heterocycles. The zero-order valence-corrected chi connectivity index (χ0v) is 7.88. The van der Waals surface area contributed by atoms with Crippen LogP contribution < -0.4 is 0 Å². The fourth-order valence-corrected chi connectivity index (χ4v) is 0. The molecule has 0 aliphatic carbocycles. The van der Waals surface area contributed by atoms with Crippen LogP contribution in [0.25, 0.3) is 0 Å². The molecule has 1 nitrogen and oxygen atoms in total. The van der Waals surface area contributed by atoms with E-state index in [0.717, 1.165) is 0 Å². The van der Waals surface area contributed by atoms with Gasteiger partial charge in [0.1, 0.15) is 0 Å². The summed E-state index contributed by atoms with van der Waals surface area (Å²) in [4.78, 5) is 0. The Bertz CT molecular complexity index is 49.5. The third-order valence-corrected chi connectivity index (χ3v) is 0.612. The molecule has 0 aliphatic heterocycles. The van der Waals surface area contributed by atoms with Gasteiger partial charge in [-0.25, -0.2) is 0 Å². The molecule has 0 aliphatic rings. The minimum atomic E-state index is 0.0417. The van der Waals surface area contributed by atoms with Gasteiger partial charge in [-0.2, -0.15) is 0 Å². The van der Waals surface area contributed by atoms with Crippen molar-refractivity contribution in [2.45, 2.75) is 26.4 Å². The van der Waals surface area contributed by atoms with Gasteiger partial charge in [-0.15, -0.1) is 23.2 Å². The number of methoxy groups -OCH3 is 1. The Kier molecular flexibility index (Phi) is 9.05. The first kappa shape index (κ1) is 12.2. The van der Waals surface area contributed by atoms with Crippen LogP contribution in [0.15, 0.2) is 0 Å². The van der Waals surface area contributed by atoms with Crippen molar-refractivity contribution in [3.05, 3.63) is 0 Å². The largest absolute Gasteiger partial charge is 0.379 e. The van der Waals surface area contributed by atoms with Gasteiger partial charge in [-0.1, -0.05) is 0 Å². The fourth-order valence-electron chi connectivity index (χ4n) is 0. The van der Waals surface area contributed by atoms with E-state index in [1.54, 1.807) is 7.11 Å². The van der Waals surface area contributed by atoms with Crippen LogP contribution in [0.5, 0.6) is 0 Å². The fraction of sp³-hybridized carbons (Fsp3) is 1.00. The molecule has 0 amide bonds. The van der Waals surface area contributed by atoms with Crippen molar-refractivity contribution in [2.24, 2.45) is 0 Å². The molecule has 0 rings (SSSR count). The first-order valence-electron chi connectivity index (χ1n) is 2.65. The van der Waals surface area contributed by atoms with E-state index < -0.39 is 0 Å². The third kappa shape index (κ3) is 29.1. The van der Waals surface area contributed by atoms with E-state index >= 15 is 0 Å². The maximum atomic E-state index is 4.94. The number of hydrogen-bond acceptors (Lipinski definition) is 1. The molecule has 0 aromatic rings. The second-order valence-corrected chi connectivity index (χ2v) is 3.23. The van der Waals surface area contributed by atoms with Crippen LogP contribution in [0, 0.1) is 0 Å². The Morgan fingerprint density at radius 1 is 1.22 bits per heavy atom. The maximum Gasteiger partial charge on any atom is 0.0967 e. The summed E-state index contributed by atoms with van der Waals surface area (Å²) in [5, 5.41) is 0.194. The summed E-state index contributed by atoms with van der Waals surface area (Å²) in [6.07, 6.45) is 0. The van der Waals surface area contributed by atoms with E-state index in [1.807, 2.05) is 20.8 Å². The zero-order valence-electron chi connectivity index (χ0n) is 6.37. The van der Waals surface area contributed by atoms with Crippen molar-refractivity contribution >= 4 is 23.2 Å². The van der Waals surface area contributed by atoms with Gasteiger partial charge < -0.3 is 4.74 Å². The molecule has 0 atom stereocenters. The lowest BCUT2D eigenvalue weighted by atomic mass is 10.2. The van der Waals surface area contributed by atoms with E-state index in [-0.39, 0.29) is 10.9 Å². The van der Waals surface area contributed by atoms with E-state index in [0.29, 0.717) is 0 Å². The average Bonchev–Trinajstić information content (AvgIpc) is 1.67. The number of hydrogen-bond donors (Lipinski definition) is 0. The molecule has 0 N–H and O–H groups in total. The summed E-state index contributed by atoms with van der Waals surface area (Å²) in [5.41, 5.74) is 0.0417. The quantitative estimate of drug-likeness (QED) is 0.512. The third-order valence-electron chi connectivity index (χ3n) is 0.612. The molecule has 0 radical (unpaired) electrons. The lowest BCUT2D eigenvalue weighted by Crippen LogP contribution is -2.15. The van der Waals surface area contributed by atoms with E-state index in [1.165, 1.54) is 0 Å². The maximum absolute atomic E-state index is 4.94. The van der Waals surface area contributed by atoms with Crippen molar-refractivity contribution in [3.8, 4) is 0 Å². The monoisotopic (exact) mass is 172 g/mol. The molecule has 0 aromatic heterocycles. The smallest absolute Gasteiger partial charge is 0.0967 e. The summed E-state index contributed by atoms with van der Waals surface area (Å²) in [6.45, 7) is 6.06. The molecule has 0 aromatic carbocycles. The molecule has 58 valence electrons. The number of rotatable bonds is 0. The Labute approximate surface area is 67.3 Å². The minimum Gasteiger partial charge on any atom is -0.379 e. The summed E-state index contributed by atoms with van der Waals surface area (Å²) >= 11 is 9.53. The van der Waals surface area contributed by atoms with Gasteiger partial charge in [0.15, 0.2) is 0 Å². The molecule has 0 spiro atoms. The van der Waals surface area contributed by atoms with Crippen molar-refractivity contribution in [1.82, 2.24) is 0 Å². The van der Waals surface area contributed by atoms with Gasteiger partial charge in [0.05, 0.1) is 10.9 Å². The second kappa shape index (κ2) is 6.66. The van der Waals surface area contributed by atoms with Crippen LogP contribution in [-0.2, 0) is 4.74 Å². The Morgan fingerprint density at radius 3 is 1.33 bits per heavy atom. The molecule has 0 saturated heterocycles. The van der Waals surface area contributed by atoms with Gasteiger partial charge >= 0.3 is 0 Å². The number of halogens is 2. The Balaban J connectivity index is 0. The molecule has 0 saturated carbocycles. The van der Waals surface area contributed by atoms with Crippen molar-refractivity contribution in [3.63, 3.8) is 0 Å². The standard InChI is InChI=1S/C5H12O.CH2Cl2/c1-5(2,3)6-4;2-1-3/h1-4H3;1H2. The minimum absolute atomic E-state index is 0.0417. The van der Waals surface area contributed by atoms with E-state index in [4.69, 9.17) is 27.9 Å². The average molecular weight is 173 g/mol. The number of ether oxygens (including phenoxy) is 1. The molecular formula is C6H14Cl2O. The van der Waals surface area contributed by atoms with Crippen molar-refractivity contribution in [2.75, 3.05) is 12.4 Å². The van der Waals surface area contributed by atoms with Crippen molar-refractivity contribution < 1.29 is 4.74 Å².